The van der Waals surface area contributed by atoms with Crippen molar-refractivity contribution in [1.29, 1.82) is 0 Å². The van der Waals surface area contributed by atoms with Crippen molar-refractivity contribution in [2.45, 2.75) is 44.1 Å². The fraction of sp³-hybridized carbons (Fsp3) is 0.368. The molecule has 0 N–H and O–H groups in total. The quantitative estimate of drug-likeness (QED) is 0.523. The summed E-state index contributed by atoms with van der Waals surface area (Å²) in [7, 11) is 0. The molecule has 5 rings (SSSR count). The molecule has 136 valence electrons. The average Bonchev–Trinajstić information content (AvgIpc) is 3.38. The Hall–Kier alpha value is -3.16. The number of Topliss-reactive ketones (excluding diaryl/α,β-unsaturated/α-hetero) is 1. The predicted molar refractivity (Wildman–Crippen MR) is 96.5 cm³/mol. The summed E-state index contributed by atoms with van der Waals surface area (Å²) in [5.74, 6) is -0.606. The zero-order valence-corrected chi connectivity index (χ0v) is 14.5. The van der Waals surface area contributed by atoms with Crippen molar-refractivity contribution >= 4 is 22.5 Å². The molecule has 0 radical (unpaired) electrons. The molecule has 1 aromatic carbocycles. The summed E-state index contributed by atoms with van der Waals surface area (Å²) >= 11 is 0. The van der Waals surface area contributed by atoms with Crippen molar-refractivity contribution < 1.29 is 9.72 Å². The van der Waals surface area contributed by atoms with E-state index >= 15 is 0 Å². The van der Waals surface area contributed by atoms with Gasteiger partial charge in [0.05, 0.1) is 28.0 Å². The van der Waals surface area contributed by atoms with E-state index in [1.807, 2.05) is 10.9 Å². The number of nitro groups is 1. The number of ketones is 1. The maximum atomic E-state index is 12.8. The van der Waals surface area contributed by atoms with Crippen LogP contribution in [0.2, 0.25) is 0 Å². The highest BCUT2D eigenvalue weighted by atomic mass is 16.6. The van der Waals surface area contributed by atoms with E-state index in [0.717, 1.165) is 23.8 Å². The van der Waals surface area contributed by atoms with Crippen LogP contribution in [0, 0.1) is 10.1 Å². The van der Waals surface area contributed by atoms with Crippen LogP contribution in [-0.2, 0) is 11.2 Å². The van der Waals surface area contributed by atoms with E-state index in [0.29, 0.717) is 22.9 Å². The summed E-state index contributed by atoms with van der Waals surface area (Å²) in [6.07, 6.45) is 8.19. The Bertz CT molecular complexity index is 1080. The van der Waals surface area contributed by atoms with Crippen LogP contribution in [0.1, 0.15) is 54.5 Å². The van der Waals surface area contributed by atoms with E-state index in [-0.39, 0.29) is 17.9 Å². The molecule has 8 nitrogen and oxygen atoms in total. The van der Waals surface area contributed by atoms with Gasteiger partial charge in [-0.3, -0.25) is 19.6 Å². The van der Waals surface area contributed by atoms with Gasteiger partial charge in [-0.1, -0.05) is 18.9 Å². The van der Waals surface area contributed by atoms with Crippen LogP contribution in [0.25, 0.3) is 11.0 Å². The van der Waals surface area contributed by atoms with Crippen molar-refractivity contribution in [1.82, 2.24) is 19.7 Å². The minimum Gasteiger partial charge on any atom is -0.298 e. The second-order valence-electron chi connectivity index (χ2n) is 7.26. The average molecular weight is 363 g/mol. The third kappa shape index (κ3) is 2.51. The third-order valence-corrected chi connectivity index (χ3v) is 5.68. The summed E-state index contributed by atoms with van der Waals surface area (Å²) in [6.45, 7) is 0. The van der Waals surface area contributed by atoms with Gasteiger partial charge in [0.2, 0.25) is 0 Å². The SMILES string of the molecule is O=C1Cc2ccc([N+](=O)[O-])cc2C1c1ncnc2nn(C3CCCC3)cc12. The number of benzene rings is 1. The highest BCUT2D eigenvalue weighted by molar-refractivity contribution is 5.98. The standard InChI is InChI=1S/C19H17N5O3/c25-16-7-11-5-6-13(24(26)27)8-14(11)17(16)18-15-9-23(12-3-1-2-4-12)22-19(15)21-10-20-18/h5-6,8-10,12,17H,1-4,7H2. The Kier molecular flexibility index (Phi) is 3.53. The molecule has 1 fully saturated rings. The Morgan fingerprint density at radius 3 is 2.78 bits per heavy atom. The second-order valence-corrected chi connectivity index (χ2v) is 7.26. The van der Waals surface area contributed by atoms with Crippen LogP contribution in [0.3, 0.4) is 0 Å². The number of nitro benzene ring substituents is 1. The molecule has 1 saturated carbocycles. The van der Waals surface area contributed by atoms with Crippen LogP contribution in [0.4, 0.5) is 5.69 Å². The maximum Gasteiger partial charge on any atom is 0.269 e. The lowest BCUT2D eigenvalue weighted by molar-refractivity contribution is -0.384. The van der Waals surface area contributed by atoms with Crippen molar-refractivity contribution in [2.24, 2.45) is 0 Å². The number of carbonyl (C=O) groups excluding carboxylic acids is 1. The molecule has 0 bridgehead atoms. The summed E-state index contributed by atoms with van der Waals surface area (Å²) in [4.78, 5) is 32.2. The van der Waals surface area contributed by atoms with E-state index in [1.165, 1.54) is 31.3 Å². The molecule has 3 aromatic rings. The number of nitrogens with zero attached hydrogens (tertiary/aromatic N) is 5. The van der Waals surface area contributed by atoms with Crippen molar-refractivity contribution in [2.75, 3.05) is 0 Å². The minimum absolute atomic E-state index is 0.000820. The van der Waals surface area contributed by atoms with Gasteiger partial charge in [0.1, 0.15) is 6.33 Å². The van der Waals surface area contributed by atoms with Crippen molar-refractivity contribution in [3.05, 3.63) is 57.7 Å². The van der Waals surface area contributed by atoms with Crippen LogP contribution >= 0.6 is 0 Å². The molecule has 0 amide bonds. The number of hydrogen-bond acceptors (Lipinski definition) is 6. The van der Waals surface area contributed by atoms with Gasteiger partial charge in [-0.05, 0) is 24.0 Å². The molecule has 8 heteroatoms. The van der Waals surface area contributed by atoms with Gasteiger partial charge < -0.3 is 0 Å². The number of aromatic nitrogens is 4. The lowest BCUT2D eigenvalue weighted by Crippen LogP contribution is -2.10. The van der Waals surface area contributed by atoms with E-state index in [9.17, 15) is 14.9 Å². The van der Waals surface area contributed by atoms with E-state index in [1.54, 1.807) is 6.07 Å². The maximum absolute atomic E-state index is 12.8. The first-order chi connectivity index (χ1) is 13.1. The topological polar surface area (TPSA) is 104 Å². The Labute approximate surface area is 154 Å². The van der Waals surface area contributed by atoms with Gasteiger partial charge in [0, 0.05) is 24.8 Å². The van der Waals surface area contributed by atoms with Crippen LogP contribution in [-0.4, -0.2) is 30.5 Å². The Balaban J connectivity index is 1.65. The number of fused-ring (bicyclic) bond motifs is 2. The first kappa shape index (κ1) is 16.0. The lowest BCUT2D eigenvalue weighted by Gasteiger charge is -2.10. The van der Waals surface area contributed by atoms with Gasteiger partial charge in [0.25, 0.3) is 5.69 Å². The zero-order chi connectivity index (χ0) is 18.5. The molecular weight excluding hydrogens is 346 g/mol. The summed E-state index contributed by atoms with van der Waals surface area (Å²) in [6, 6.07) is 4.98. The van der Waals surface area contributed by atoms with Gasteiger partial charge in [-0.2, -0.15) is 5.10 Å². The molecule has 2 aliphatic rings. The Morgan fingerprint density at radius 1 is 1.19 bits per heavy atom. The van der Waals surface area contributed by atoms with E-state index in [4.69, 9.17) is 0 Å². The minimum atomic E-state index is -0.605. The summed E-state index contributed by atoms with van der Waals surface area (Å²) in [5, 5.41) is 16.5. The fourth-order valence-corrected chi connectivity index (χ4v) is 4.35. The smallest absolute Gasteiger partial charge is 0.269 e. The van der Waals surface area contributed by atoms with Gasteiger partial charge in [-0.25, -0.2) is 9.97 Å². The van der Waals surface area contributed by atoms with Crippen LogP contribution in [0.15, 0.2) is 30.7 Å². The number of rotatable bonds is 3. The Morgan fingerprint density at radius 2 is 2.00 bits per heavy atom. The fourth-order valence-electron chi connectivity index (χ4n) is 4.35. The van der Waals surface area contributed by atoms with Gasteiger partial charge >= 0.3 is 0 Å². The molecule has 2 heterocycles. The highest BCUT2D eigenvalue weighted by Crippen LogP contribution is 2.39. The molecule has 2 aromatic heterocycles. The van der Waals surface area contributed by atoms with Crippen LogP contribution < -0.4 is 0 Å². The normalized spacial score (nSPS) is 19.7. The molecule has 27 heavy (non-hydrogen) atoms. The van der Waals surface area contributed by atoms with Crippen LogP contribution in [0.5, 0.6) is 0 Å². The predicted octanol–water partition coefficient (Wildman–Crippen LogP) is 3.11. The third-order valence-electron chi connectivity index (χ3n) is 5.68. The largest absolute Gasteiger partial charge is 0.298 e. The first-order valence-electron chi connectivity index (χ1n) is 9.11. The summed E-state index contributed by atoms with van der Waals surface area (Å²) in [5.41, 5.74) is 2.64. The number of carbonyl (C=O) groups is 1. The molecule has 0 spiro atoms. The van der Waals surface area contributed by atoms with Gasteiger partial charge in [0.15, 0.2) is 11.4 Å². The molecule has 1 atom stereocenters. The molecule has 2 aliphatic carbocycles. The van der Waals surface area contributed by atoms with E-state index in [2.05, 4.69) is 15.1 Å². The molecular formula is C19H17N5O3. The molecule has 0 saturated heterocycles. The van der Waals surface area contributed by atoms with E-state index < -0.39 is 10.8 Å². The van der Waals surface area contributed by atoms with Crippen molar-refractivity contribution in [3.8, 4) is 0 Å². The van der Waals surface area contributed by atoms with Gasteiger partial charge in [-0.15, -0.1) is 0 Å². The number of non-ortho nitro benzene ring substituents is 1. The monoisotopic (exact) mass is 363 g/mol. The lowest BCUT2D eigenvalue weighted by atomic mass is 9.95. The van der Waals surface area contributed by atoms with Crippen molar-refractivity contribution in [3.63, 3.8) is 0 Å². The number of hydrogen-bond donors (Lipinski definition) is 0. The molecule has 1 unspecified atom stereocenters. The second kappa shape index (κ2) is 5.94. The zero-order valence-electron chi connectivity index (χ0n) is 14.5. The summed E-state index contributed by atoms with van der Waals surface area (Å²) < 4.78 is 1.95. The molecule has 0 aliphatic heterocycles. The highest BCUT2D eigenvalue weighted by Gasteiger charge is 2.36. The first-order valence-corrected chi connectivity index (χ1v) is 9.11.